The summed E-state index contributed by atoms with van der Waals surface area (Å²) in [5.74, 6) is 0. The lowest BCUT2D eigenvalue weighted by molar-refractivity contribution is 0.948. The minimum Gasteiger partial charge on any atom is -0.355 e. The second kappa shape index (κ2) is 6.93. The van der Waals surface area contributed by atoms with Crippen molar-refractivity contribution in [1.29, 1.82) is 0 Å². The molecule has 0 aliphatic carbocycles. The molecule has 3 heteroatoms. The van der Waals surface area contributed by atoms with Gasteiger partial charge in [-0.15, -0.1) is 0 Å². The Labute approximate surface area is 128 Å². The second-order valence-electron chi connectivity index (χ2n) is 4.73. The van der Waals surface area contributed by atoms with Gasteiger partial charge in [0.2, 0.25) is 0 Å². The highest BCUT2D eigenvalue weighted by molar-refractivity contribution is 5.80. The predicted molar refractivity (Wildman–Crippen MR) is 93.3 cm³/mol. The SMILES string of the molecule is CC.CCc1ccc(Nc2ccc3ncn(C)c3c2)cc1.[HH]. The van der Waals surface area contributed by atoms with Gasteiger partial charge in [-0.3, -0.25) is 0 Å². The molecule has 0 saturated carbocycles. The van der Waals surface area contributed by atoms with E-state index >= 15 is 0 Å². The van der Waals surface area contributed by atoms with Crippen LogP contribution in [-0.4, -0.2) is 9.55 Å². The summed E-state index contributed by atoms with van der Waals surface area (Å²) in [6.45, 7) is 6.17. The summed E-state index contributed by atoms with van der Waals surface area (Å²) < 4.78 is 2.03. The van der Waals surface area contributed by atoms with Gasteiger partial charge >= 0.3 is 0 Å². The number of rotatable bonds is 3. The summed E-state index contributed by atoms with van der Waals surface area (Å²) >= 11 is 0. The molecule has 1 aromatic heterocycles. The average Bonchev–Trinajstić information content (AvgIpc) is 2.91. The maximum atomic E-state index is 4.32. The third-order valence-electron chi connectivity index (χ3n) is 3.38. The monoisotopic (exact) mass is 283 g/mol. The van der Waals surface area contributed by atoms with Gasteiger partial charge in [0.1, 0.15) is 0 Å². The summed E-state index contributed by atoms with van der Waals surface area (Å²) in [7, 11) is 2.01. The van der Waals surface area contributed by atoms with Crippen molar-refractivity contribution in [3.63, 3.8) is 0 Å². The smallest absolute Gasteiger partial charge is 0.0955 e. The molecule has 0 fully saturated rings. The first-order chi connectivity index (χ1) is 10.3. The third kappa shape index (κ3) is 3.43. The fourth-order valence-corrected chi connectivity index (χ4v) is 2.19. The van der Waals surface area contributed by atoms with Crippen LogP contribution in [0.4, 0.5) is 11.4 Å². The van der Waals surface area contributed by atoms with Crippen molar-refractivity contribution in [2.24, 2.45) is 7.05 Å². The molecule has 2 aromatic carbocycles. The van der Waals surface area contributed by atoms with Crippen molar-refractivity contribution >= 4 is 22.4 Å². The average molecular weight is 283 g/mol. The number of aromatic nitrogens is 2. The summed E-state index contributed by atoms with van der Waals surface area (Å²) in [4.78, 5) is 4.32. The molecule has 1 heterocycles. The molecule has 0 saturated heterocycles. The van der Waals surface area contributed by atoms with Gasteiger partial charge in [-0.1, -0.05) is 32.9 Å². The fourth-order valence-electron chi connectivity index (χ4n) is 2.19. The summed E-state index contributed by atoms with van der Waals surface area (Å²) in [6.07, 6.45) is 2.91. The van der Waals surface area contributed by atoms with Crippen molar-refractivity contribution in [2.75, 3.05) is 5.32 Å². The van der Waals surface area contributed by atoms with Gasteiger partial charge in [0, 0.05) is 19.8 Å². The van der Waals surface area contributed by atoms with Crippen LogP contribution in [0.2, 0.25) is 0 Å². The van der Waals surface area contributed by atoms with E-state index in [-0.39, 0.29) is 1.43 Å². The zero-order valence-corrected chi connectivity index (χ0v) is 13.2. The topological polar surface area (TPSA) is 29.9 Å². The second-order valence-corrected chi connectivity index (χ2v) is 4.73. The molecular weight excluding hydrogens is 258 g/mol. The van der Waals surface area contributed by atoms with Gasteiger partial charge < -0.3 is 9.88 Å². The van der Waals surface area contributed by atoms with E-state index in [1.807, 2.05) is 37.9 Å². The number of anilines is 2. The zero-order chi connectivity index (χ0) is 15.2. The number of benzene rings is 2. The van der Waals surface area contributed by atoms with Crippen LogP contribution in [0.3, 0.4) is 0 Å². The Bertz CT molecular complexity index is 702. The quantitative estimate of drug-likeness (QED) is 0.720. The van der Waals surface area contributed by atoms with E-state index in [2.05, 4.69) is 53.6 Å². The van der Waals surface area contributed by atoms with Crippen LogP contribution in [0, 0.1) is 0 Å². The van der Waals surface area contributed by atoms with Crippen molar-refractivity contribution in [1.82, 2.24) is 9.55 Å². The normalized spacial score (nSPS) is 10.1. The Balaban J connectivity index is 0.000000775. The van der Waals surface area contributed by atoms with Crippen LogP contribution in [0.1, 0.15) is 27.8 Å². The Morgan fingerprint density at radius 1 is 1.05 bits per heavy atom. The van der Waals surface area contributed by atoms with Crippen molar-refractivity contribution < 1.29 is 1.43 Å². The fraction of sp³-hybridized carbons (Fsp3) is 0.278. The Hall–Kier alpha value is -2.29. The Morgan fingerprint density at radius 3 is 2.38 bits per heavy atom. The highest BCUT2D eigenvalue weighted by atomic mass is 15.0. The van der Waals surface area contributed by atoms with E-state index in [0.717, 1.165) is 28.8 Å². The van der Waals surface area contributed by atoms with Crippen molar-refractivity contribution in [3.05, 3.63) is 54.4 Å². The number of imidazole rings is 1. The van der Waals surface area contributed by atoms with Crippen molar-refractivity contribution in [3.8, 4) is 0 Å². The zero-order valence-electron chi connectivity index (χ0n) is 13.2. The minimum atomic E-state index is 0. The molecule has 0 spiro atoms. The number of nitrogens with zero attached hydrogens (tertiary/aromatic N) is 2. The van der Waals surface area contributed by atoms with Gasteiger partial charge in [-0.05, 0) is 42.3 Å². The number of aryl methyl sites for hydroxylation is 2. The Kier molecular flexibility index (Phi) is 4.99. The lowest BCUT2D eigenvalue weighted by atomic mass is 10.1. The molecule has 1 N–H and O–H groups in total. The van der Waals surface area contributed by atoms with Gasteiger partial charge in [0.15, 0.2) is 0 Å². The molecule has 3 rings (SSSR count). The van der Waals surface area contributed by atoms with E-state index in [0.29, 0.717) is 0 Å². The van der Waals surface area contributed by atoms with Gasteiger partial charge in [0.05, 0.1) is 17.4 Å². The first-order valence-electron chi connectivity index (χ1n) is 7.53. The molecule has 3 aromatic rings. The van der Waals surface area contributed by atoms with E-state index in [1.165, 1.54) is 5.56 Å². The molecule has 0 aliphatic heterocycles. The van der Waals surface area contributed by atoms with Crippen molar-refractivity contribution in [2.45, 2.75) is 27.2 Å². The van der Waals surface area contributed by atoms with Crippen LogP contribution in [0.25, 0.3) is 11.0 Å². The summed E-state index contributed by atoms with van der Waals surface area (Å²) in [5, 5.41) is 3.42. The maximum Gasteiger partial charge on any atom is 0.0955 e. The van der Waals surface area contributed by atoms with Crippen LogP contribution < -0.4 is 5.32 Å². The van der Waals surface area contributed by atoms with Gasteiger partial charge in [-0.25, -0.2) is 4.98 Å². The van der Waals surface area contributed by atoms with Crippen LogP contribution in [0.15, 0.2) is 48.8 Å². The van der Waals surface area contributed by atoms with E-state index in [1.54, 1.807) is 0 Å². The lowest BCUT2D eigenvalue weighted by Gasteiger charge is -2.07. The maximum absolute atomic E-state index is 4.32. The molecule has 0 amide bonds. The summed E-state index contributed by atoms with van der Waals surface area (Å²) in [5.41, 5.74) is 5.70. The van der Waals surface area contributed by atoms with E-state index in [4.69, 9.17) is 0 Å². The molecule has 0 aliphatic rings. The third-order valence-corrected chi connectivity index (χ3v) is 3.38. The predicted octanol–water partition coefficient (Wildman–Crippen LogP) is 5.15. The standard InChI is InChI=1S/C16H17N3.C2H6.H2/c1-3-12-4-6-13(7-5-12)18-14-8-9-15-16(10-14)19(2)11-17-15;1-2;/h4-11,18H,3H2,1-2H3;1-2H3;1H. The number of hydrogen-bond acceptors (Lipinski definition) is 2. The highest BCUT2D eigenvalue weighted by Gasteiger charge is 2.01. The molecule has 0 unspecified atom stereocenters. The lowest BCUT2D eigenvalue weighted by Crippen LogP contribution is -1.92. The molecule has 3 nitrogen and oxygen atoms in total. The van der Waals surface area contributed by atoms with E-state index in [9.17, 15) is 0 Å². The van der Waals surface area contributed by atoms with Crippen LogP contribution in [-0.2, 0) is 13.5 Å². The van der Waals surface area contributed by atoms with Gasteiger partial charge in [0.25, 0.3) is 0 Å². The van der Waals surface area contributed by atoms with Crippen LogP contribution in [0.5, 0.6) is 0 Å². The molecule has 21 heavy (non-hydrogen) atoms. The van der Waals surface area contributed by atoms with E-state index < -0.39 is 0 Å². The van der Waals surface area contributed by atoms with Gasteiger partial charge in [-0.2, -0.15) is 0 Å². The number of nitrogens with one attached hydrogen (secondary N) is 1. The largest absolute Gasteiger partial charge is 0.355 e. The Morgan fingerprint density at radius 2 is 1.71 bits per heavy atom. The summed E-state index contributed by atoms with van der Waals surface area (Å²) in [6, 6.07) is 14.8. The molecular formula is C18H25N3. The molecule has 0 atom stereocenters. The van der Waals surface area contributed by atoms with Crippen LogP contribution >= 0.6 is 0 Å². The first kappa shape index (κ1) is 15.1. The first-order valence-corrected chi connectivity index (χ1v) is 7.53. The number of hydrogen-bond donors (Lipinski definition) is 1. The molecule has 0 radical (unpaired) electrons. The highest BCUT2D eigenvalue weighted by Crippen LogP contribution is 2.21. The number of fused-ring (bicyclic) bond motifs is 1. The minimum absolute atomic E-state index is 0. The molecule has 112 valence electrons. The molecule has 0 bridgehead atoms.